The maximum atomic E-state index is 13.5. The van der Waals surface area contributed by atoms with E-state index in [0.29, 0.717) is 19.2 Å². The van der Waals surface area contributed by atoms with E-state index in [1.807, 2.05) is 6.92 Å². The number of nitrogens with zero attached hydrogens (tertiary/aromatic N) is 1. The first-order chi connectivity index (χ1) is 9.52. The van der Waals surface area contributed by atoms with Crippen molar-refractivity contribution in [3.8, 4) is 0 Å². The SMILES string of the molecule is CCC1OCCC1CNc1cc(F)cc(F)c1[N+](=O)[O-]. The van der Waals surface area contributed by atoms with Crippen molar-refractivity contribution in [1.29, 1.82) is 0 Å². The fraction of sp³-hybridized carbons (Fsp3) is 0.538. The molecule has 0 aliphatic carbocycles. The summed E-state index contributed by atoms with van der Waals surface area (Å²) in [6.07, 6.45) is 1.75. The average molecular weight is 286 g/mol. The lowest BCUT2D eigenvalue weighted by Crippen LogP contribution is -2.23. The van der Waals surface area contributed by atoms with Crippen molar-refractivity contribution in [3.05, 3.63) is 33.9 Å². The zero-order chi connectivity index (χ0) is 14.7. The highest BCUT2D eigenvalue weighted by atomic mass is 19.1. The van der Waals surface area contributed by atoms with Crippen molar-refractivity contribution in [3.63, 3.8) is 0 Å². The molecule has 7 heteroatoms. The second-order valence-electron chi connectivity index (χ2n) is 4.79. The molecule has 0 amide bonds. The molecule has 0 radical (unpaired) electrons. The summed E-state index contributed by atoms with van der Waals surface area (Å²) in [5.41, 5.74) is -0.854. The molecule has 110 valence electrons. The van der Waals surface area contributed by atoms with E-state index in [-0.39, 0.29) is 17.7 Å². The van der Waals surface area contributed by atoms with Gasteiger partial charge in [0.15, 0.2) is 0 Å². The summed E-state index contributed by atoms with van der Waals surface area (Å²) in [6.45, 7) is 3.03. The third-order valence-corrected chi connectivity index (χ3v) is 3.51. The van der Waals surface area contributed by atoms with Crippen LogP contribution in [0.3, 0.4) is 0 Å². The maximum absolute atomic E-state index is 13.5. The lowest BCUT2D eigenvalue weighted by Gasteiger charge is -2.18. The van der Waals surface area contributed by atoms with Crippen molar-refractivity contribution < 1.29 is 18.4 Å². The van der Waals surface area contributed by atoms with Crippen LogP contribution < -0.4 is 5.32 Å². The summed E-state index contributed by atoms with van der Waals surface area (Å²) in [6, 6.07) is 1.45. The Labute approximate surface area is 115 Å². The second-order valence-corrected chi connectivity index (χ2v) is 4.79. The predicted molar refractivity (Wildman–Crippen MR) is 69.6 cm³/mol. The number of nitrogens with one attached hydrogen (secondary N) is 1. The molecule has 1 saturated heterocycles. The smallest absolute Gasteiger partial charge is 0.327 e. The maximum Gasteiger partial charge on any atom is 0.327 e. The molecule has 1 fully saturated rings. The van der Waals surface area contributed by atoms with Crippen LogP contribution in [0, 0.1) is 27.7 Å². The van der Waals surface area contributed by atoms with Crippen molar-refractivity contribution in [1.82, 2.24) is 0 Å². The summed E-state index contributed by atoms with van der Waals surface area (Å²) < 4.78 is 32.2. The lowest BCUT2D eigenvalue weighted by atomic mass is 9.99. The van der Waals surface area contributed by atoms with Gasteiger partial charge in [-0.25, -0.2) is 4.39 Å². The molecule has 1 aromatic rings. The summed E-state index contributed by atoms with van der Waals surface area (Å²) in [4.78, 5) is 10.0. The van der Waals surface area contributed by atoms with Crippen molar-refractivity contribution in [2.45, 2.75) is 25.9 Å². The van der Waals surface area contributed by atoms with Crippen LogP contribution in [-0.2, 0) is 4.74 Å². The van der Waals surface area contributed by atoms with Gasteiger partial charge < -0.3 is 10.1 Å². The minimum absolute atomic E-state index is 0.0833. The van der Waals surface area contributed by atoms with Gasteiger partial charge in [-0.15, -0.1) is 0 Å². The molecule has 2 atom stereocenters. The first kappa shape index (κ1) is 14.6. The number of nitro benzene ring substituents is 1. The van der Waals surface area contributed by atoms with Crippen molar-refractivity contribution in [2.75, 3.05) is 18.5 Å². The summed E-state index contributed by atoms with van der Waals surface area (Å²) in [5.74, 6) is -1.83. The van der Waals surface area contributed by atoms with Gasteiger partial charge in [-0.1, -0.05) is 6.92 Å². The van der Waals surface area contributed by atoms with E-state index in [1.165, 1.54) is 0 Å². The number of nitro groups is 1. The topological polar surface area (TPSA) is 64.4 Å². The molecule has 2 rings (SSSR count). The molecule has 2 unspecified atom stereocenters. The fourth-order valence-electron chi connectivity index (χ4n) is 2.50. The Morgan fingerprint density at radius 3 is 2.90 bits per heavy atom. The van der Waals surface area contributed by atoms with Gasteiger partial charge in [-0.05, 0) is 12.8 Å². The van der Waals surface area contributed by atoms with Gasteiger partial charge in [0, 0.05) is 31.2 Å². The van der Waals surface area contributed by atoms with Crippen LogP contribution in [0.2, 0.25) is 0 Å². The summed E-state index contributed by atoms with van der Waals surface area (Å²) >= 11 is 0. The molecule has 1 N–H and O–H groups in total. The second kappa shape index (κ2) is 6.13. The molecule has 0 spiro atoms. The van der Waals surface area contributed by atoms with E-state index in [4.69, 9.17) is 4.74 Å². The highest BCUT2D eigenvalue weighted by Crippen LogP contribution is 2.30. The Kier molecular flexibility index (Phi) is 4.49. The number of rotatable bonds is 5. The molecular weight excluding hydrogens is 270 g/mol. The van der Waals surface area contributed by atoms with E-state index < -0.39 is 22.2 Å². The largest absolute Gasteiger partial charge is 0.379 e. The van der Waals surface area contributed by atoms with Crippen LogP contribution >= 0.6 is 0 Å². The number of benzene rings is 1. The van der Waals surface area contributed by atoms with E-state index in [2.05, 4.69) is 5.32 Å². The quantitative estimate of drug-likeness (QED) is 0.667. The van der Waals surface area contributed by atoms with Crippen LogP contribution in [0.25, 0.3) is 0 Å². The predicted octanol–water partition coefficient (Wildman–Crippen LogP) is 3.10. The minimum Gasteiger partial charge on any atom is -0.379 e. The molecule has 0 saturated carbocycles. The molecule has 1 aromatic carbocycles. The molecular formula is C13H16F2N2O3. The Bertz CT molecular complexity index is 511. The molecule has 0 aromatic heterocycles. The van der Waals surface area contributed by atoms with Gasteiger partial charge in [0.1, 0.15) is 11.5 Å². The number of hydrogen-bond acceptors (Lipinski definition) is 4. The summed E-state index contributed by atoms with van der Waals surface area (Å²) in [7, 11) is 0. The number of ether oxygens (including phenoxy) is 1. The van der Waals surface area contributed by atoms with Crippen LogP contribution in [0.4, 0.5) is 20.2 Å². The van der Waals surface area contributed by atoms with Gasteiger partial charge in [-0.2, -0.15) is 4.39 Å². The van der Waals surface area contributed by atoms with Crippen LogP contribution in [0.15, 0.2) is 12.1 Å². The third kappa shape index (κ3) is 3.04. The number of anilines is 1. The van der Waals surface area contributed by atoms with Gasteiger partial charge in [-0.3, -0.25) is 10.1 Å². The van der Waals surface area contributed by atoms with E-state index in [9.17, 15) is 18.9 Å². The van der Waals surface area contributed by atoms with E-state index in [1.54, 1.807) is 0 Å². The molecule has 1 heterocycles. The van der Waals surface area contributed by atoms with Crippen LogP contribution in [0.5, 0.6) is 0 Å². The molecule has 1 aliphatic rings. The van der Waals surface area contributed by atoms with Crippen molar-refractivity contribution in [2.24, 2.45) is 5.92 Å². The molecule has 20 heavy (non-hydrogen) atoms. The first-order valence-corrected chi connectivity index (χ1v) is 6.51. The van der Waals surface area contributed by atoms with E-state index >= 15 is 0 Å². The normalized spacial score (nSPS) is 21.9. The Morgan fingerprint density at radius 2 is 2.25 bits per heavy atom. The van der Waals surface area contributed by atoms with Gasteiger partial charge in [0.25, 0.3) is 0 Å². The fourth-order valence-corrected chi connectivity index (χ4v) is 2.50. The standard InChI is InChI=1S/C13H16F2N2O3/c1-2-12-8(3-4-20-12)7-16-11-6-9(14)5-10(15)13(11)17(18)19/h5-6,8,12,16H,2-4,7H2,1H3. The molecule has 1 aliphatic heterocycles. The monoisotopic (exact) mass is 286 g/mol. The highest BCUT2D eigenvalue weighted by Gasteiger charge is 2.28. The van der Waals surface area contributed by atoms with Crippen LogP contribution in [0.1, 0.15) is 19.8 Å². The van der Waals surface area contributed by atoms with Gasteiger partial charge in [0.2, 0.25) is 5.82 Å². The number of halogens is 2. The molecule has 0 bridgehead atoms. The van der Waals surface area contributed by atoms with Crippen LogP contribution in [-0.4, -0.2) is 24.2 Å². The minimum atomic E-state index is -1.17. The average Bonchev–Trinajstić information content (AvgIpc) is 2.82. The third-order valence-electron chi connectivity index (χ3n) is 3.51. The highest BCUT2D eigenvalue weighted by molar-refractivity contribution is 5.62. The Hall–Kier alpha value is -1.76. The zero-order valence-electron chi connectivity index (χ0n) is 11.1. The van der Waals surface area contributed by atoms with Gasteiger partial charge in [0.05, 0.1) is 11.0 Å². The lowest BCUT2D eigenvalue weighted by molar-refractivity contribution is -0.386. The van der Waals surface area contributed by atoms with Gasteiger partial charge >= 0.3 is 5.69 Å². The van der Waals surface area contributed by atoms with E-state index in [0.717, 1.165) is 18.9 Å². The zero-order valence-corrected chi connectivity index (χ0v) is 11.1. The number of hydrogen-bond donors (Lipinski definition) is 1. The first-order valence-electron chi connectivity index (χ1n) is 6.51. The van der Waals surface area contributed by atoms with Crippen molar-refractivity contribution >= 4 is 11.4 Å². The Balaban J connectivity index is 2.14. The molecule has 5 nitrogen and oxygen atoms in total. The summed E-state index contributed by atoms with van der Waals surface area (Å²) in [5, 5.41) is 13.6. The Morgan fingerprint density at radius 1 is 1.50 bits per heavy atom.